The Kier molecular flexibility index (Phi) is 10.7. The van der Waals surface area contributed by atoms with Crippen molar-refractivity contribution in [2.24, 2.45) is 0 Å². The first-order valence-corrected chi connectivity index (χ1v) is 12.2. The Morgan fingerprint density at radius 3 is 2.43 bits per heavy atom. The zero-order valence-electron chi connectivity index (χ0n) is 19.7. The number of para-hydroxylation sites is 1. The van der Waals surface area contributed by atoms with Crippen molar-refractivity contribution < 1.29 is 23.9 Å². The van der Waals surface area contributed by atoms with Crippen molar-refractivity contribution in [3.8, 4) is 0 Å². The molecule has 2 aromatic rings. The van der Waals surface area contributed by atoms with Crippen LogP contribution in [-0.2, 0) is 25.5 Å². The van der Waals surface area contributed by atoms with Crippen LogP contribution in [0.5, 0.6) is 0 Å². The Bertz CT molecular complexity index is 1010. The van der Waals surface area contributed by atoms with Gasteiger partial charge in [-0.05, 0) is 49.2 Å². The summed E-state index contributed by atoms with van der Waals surface area (Å²) in [4.78, 5) is 38.7. The first-order chi connectivity index (χ1) is 17.0. The van der Waals surface area contributed by atoms with E-state index in [4.69, 9.17) is 21.7 Å². The fourth-order valence-corrected chi connectivity index (χ4v) is 3.85. The minimum Gasteiger partial charge on any atom is -0.466 e. The smallest absolute Gasteiger partial charge is 0.305 e. The number of thiocarbonyl (C=S) groups is 1. The predicted octanol–water partition coefficient (Wildman–Crippen LogP) is 3.32. The number of hydrogen-bond donors (Lipinski definition) is 2. The molecule has 0 atom stereocenters. The van der Waals surface area contributed by atoms with E-state index in [0.29, 0.717) is 50.6 Å². The van der Waals surface area contributed by atoms with E-state index in [1.54, 1.807) is 29.2 Å². The lowest BCUT2D eigenvalue weighted by molar-refractivity contribution is -0.143. The van der Waals surface area contributed by atoms with Gasteiger partial charge in [0.15, 0.2) is 5.11 Å². The molecule has 9 heteroatoms. The van der Waals surface area contributed by atoms with Gasteiger partial charge < -0.3 is 25.0 Å². The largest absolute Gasteiger partial charge is 0.466 e. The molecule has 1 heterocycles. The Morgan fingerprint density at radius 2 is 1.66 bits per heavy atom. The van der Waals surface area contributed by atoms with Gasteiger partial charge in [0.1, 0.15) is 0 Å². The monoisotopic (exact) mass is 497 g/mol. The van der Waals surface area contributed by atoms with Gasteiger partial charge in [-0.1, -0.05) is 42.5 Å². The molecule has 0 aliphatic carbocycles. The summed E-state index contributed by atoms with van der Waals surface area (Å²) in [5, 5.41) is 5.64. The first kappa shape index (κ1) is 26.3. The lowest BCUT2D eigenvalue weighted by Crippen LogP contribution is -2.41. The van der Waals surface area contributed by atoms with E-state index in [0.717, 1.165) is 12.8 Å². The molecule has 186 valence electrons. The highest BCUT2D eigenvalue weighted by molar-refractivity contribution is 7.80. The Balaban J connectivity index is 1.34. The molecule has 1 saturated heterocycles. The second-order valence-corrected chi connectivity index (χ2v) is 8.52. The van der Waals surface area contributed by atoms with Crippen LogP contribution in [0.15, 0.2) is 54.6 Å². The molecule has 1 fully saturated rings. The van der Waals surface area contributed by atoms with Gasteiger partial charge in [-0.3, -0.25) is 14.4 Å². The zero-order valence-corrected chi connectivity index (χ0v) is 20.5. The molecular weight excluding hydrogens is 466 g/mol. The van der Waals surface area contributed by atoms with E-state index in [2.05, 4.69) is 10.6 Å². The number of nitrogens with one attached hydrogen (secondary N) is 2. The normalized spacial score (nSPS) is 13.1. The summed E-state index contributed by atoms with van der Waals surface area (Å²) in [6.45, 7) is 2.44. The number of benzene rings is 2. The fraction of sp³-hybridized carbons (Fsp3) is 0.385. The van der Waals surface area contributed by atoms with Crippen molar-refractivity contribution in [2.75, 3.05) is 38.2 Å². The Labute approximate surface area is 211 Å². The number of nitrogens with zero attached hydrogens (tertiary/aromatic N) is 1. The number of morpholine rings is 1. The summed E-state index contributed by atoms with van der Waals surface area (Å²) in [5.41, 5.74) is 2.20. The Morgan fingerprint density at radius 1 is 0.943 bits per heavy atom. The number of rotatable bonds is 10. The quantitative estimate of drug-likeness (QED) is 0.295. The van der Waals surface area contributed by atoms with E-state index >= 15 is 0 Å². The molecule has 0 aromatic heterocycles. The van der Waals surface area contributed by atoms with Crippen molar-refractivity contribution in [1.29, 1.82) is 0 Å². The van der Waals surface area contributed by atoms with Crippen molar-refractivity contribution >= 4 is 40.8 Å². The van der Waals surface area contributed by atoms with Crippen LogP contribution in [0.25, 0.3) is 0 Å². The van der Waals surface area contributed by atoms with Crippen molar-refractivity contribution in [1.82, 2.24) is 10.2 Å². The van der Waals surface area contributed by atoms with Gasteiger partial charge in [0.2, 0.25) is 5.91 Å². The molecule has 0 spiro atoms. The summed E-state index contributed by atoms with van der Waals surface area (Å²) < 4.78 is 10.5. The van der Waals surface area contributed by atoms with Crippen LogP contribution < -0.4 is 10.6 Å². The second-order valence-electron chi connectivity index (χ2n) is 8.12. The molecule has 0 saturated carbocycles. The molecule has 2 aromatic carbocycles. The highest BCUT2D eigenvalue weighted by atomic mass is 32.1. The molecule has 2 N–H and O–H groups in total. The molecule has 2 amide bonds. The van der Waals surface area contributed by atoms with Gasteiger partial charge >= 0.3 is 5.97 Å². The molecule has 1 aliphatic heterocycles. The number of hydrogen-bond acceptors (Lipinski definition) is 6. The topological polar surface area (TPSA) is 97.0 Å². The third-order valence-electron chi connectivity index (χ3n) is 5.46. The van der Waals surface area contributed by atoms with Gasteiger partial charge in [-0.2, -0.15) is 0 Å². The van der Waals surface area contributed by atoms with Gasteiger partial charge in [-0.15, -0.1) is 0 Å². The summed E-state index contributed by atoms with van der Waals surface area (Å²) in [6, 6.07) is 17.0. The summed E-state index contributed by atoms with van der Waals surface area (Å²) >= 11 is 5.25. The number of amides is 2. The van der Waals surface area contributed by atoms with Crippen LogP contribution in [0.2, 0.25) is 0 Å². The zero-order chi connectivity index (χ0) is 24.9. The third kappa shape index (κ3) is 9.11. The molecule has 3 rings (SSSR count). The molecule has 0 radical (unpaired) electrons. The van der Waals surface area contributed by atoms with Gasteiger partial charge in [0.25, 0.3) is 5.91 Å². The minimum atomic E-state index is -0.317. The van der Waals surface area contributed by atoms with Crippen molar-refractivity contribution in [3.05, 3.63) is 65.7 Å². The maximum atomic E-state index is 12.9. The van der Waals surface area contributed by atoms with Gasteiger partial charge in [-0.25, -0.2) is 0 Å². The van der Waals surface area contributed by atoms with Crippen molar-refractivity contribution in [2.45, 2.75) is 32.1 Å². The van der Waals surface area contributed by atoms with E-state index in [-0.39, 0.29) is 35.7 Å². The average molecular weight is 498 g/mol. The van der Waals surface area contributed by atoms with Crippen LogP contribution in [-0.4, -0.2) is 60.7 Å². The number of carbonyl (C=O) groups is 3. The number of carbonyl (C=O) groups excluding carboxylic acids is 3. The molecule has 35 heavy (non-hydrogen) atoms. The van der Waals surface area contributed by atoms with Gasteiger partial charge in [0, 0.05) is 25.9 Å². The molecule has 0 bridgehead atoms. The fourth-order valence-electron chi connectivity index (χ4n) is 3.63. The second kappa shape index (κ2) is 14.2. The molecular formula is C26H31N3O5S. The lowest BCUT2D eigenvalue weighted by atomic mass is 10.1. The minimum absolute atomic E-state index is 0.0979. The molecule has 0 unspecified atom stereocenters. The number of aryl methyl sites for hydroxylation is 1. The summed E-state index contributed by atoms with van der Waals surface area (Å²) in [7, 11) is 0. The lowest BCUT2D eigenvalue weighted by Gasteiger charge is -2.27. The standard InChI is InChI=1S/C26H31N3O5S/c30-23(13-6-14-24(31)34-17-7-10-20-8-2-1-3-9-20)28-26(35)27-22-12-5-4-11-21(22)25(32)29-15-18-33-19-16-29/h1-5,8-9,11-12H,6-7,10,13-19H2,(H2,27,28,30,35). The van der Waals surface area contributed by atoms with Crippen LogP contribution in [0, 0.1) is 0 Å². The number of esters is 1. The predicted molar refractivity (Wildman–Crippen MR) is 137 cm³/mol. The van der Waals surface area contributed by atoms with E-state index < -0.39 is 0 Å². The van der Waals surface area contributed by atoms with Crippen LogP contribution in [0.4, 0.5) is 5.69 Å². The van der Waals surface area contributed by atoms with E-state index in [1.165, 1.54) is 5.56 Å². The third-order valence-corrected chi connectivity index (χ3v) is 5.66. The SMILES string of the molecule is O=C(CCCC(=O)OCCCc1ccccc1)NC(=S)Nc1ccccc1C(=O)N1CCOCC1. The summed E-state index contributed by atoms with van der Waals surface area (Å²) in [5.74, 6) is -0.744. The van der Waals surface area contributed by atoms with E-state index in [1.807, 2.05) is 30.3 Å². The maximum absolute atomic E-state index is 12.9. The van der Waals surface area contributed by atoms with Gasteiger partial charge in [0.05, 0.1) is 31.1 Å². The van der Waals surface area contributed by atoms with Crippen LogP contribution >= 0.6 is 12.2 Å². The van der Waals surface area contributed by atoms with Crippen LogP contribution in [0.3, 0.4) is 0 Å². The molecule has 8 nitrogen and oxygen atoms in total. The van der Waals surface area contributed by atoms with Crippen molar-refractivity contribution in [3.63, 3.8) is 0 Å². The number of anilines is 1. The average Bonchev–Trinajstić information content (AvgIpc) is 2.87. The highest BCUT2D eigenvalue weighted by Crippen LogP contribution is 2.18. The summed E-state index contributed by atoms with van der Waals surface area (Å²) in [6.07, 6.45) is 2.26. The van der Waals surface area contributed by atoms with E-state index in [9.17, 15) is 14.4 Å². The highest BCUT2D eigenvalue weighted by Gasteiger charge is 2.21. The first-order valence-electron chi connectivity index (χ1n) is 11.8. The molecule has 1 aliphatic rings. The van der Waals surface area contributed by atoms with Crippen LogP contribution in [0.1, 0.15) is 41.6 Å². The number of ether oxygens (including phenoxy) is 2. The Hall–Kier alpha value is -3.30. The maximum Gasteiger partial charge on any atom is 0.305 e.